The average Bonchev–Trinajstić information content (AvgIpc) is 3.39. The van der Waals surface area contributed by atoms with Crippen LogP contribution >= 0.6 is 27.3 Å². The maximum absolute atomic E-state index is 3.93. The summed E-state index contributed by atoms with van der Waals surface area (Å²) in [6.07, 6.45) is 0. The lowest BCUT2D eigenvalue weighted by Crippen LogP contribution is -2.48. The van der Waals surface area contributed by atoms with E-state index in [1.807, 2.05) is 11.3 Å². The lowest BCUT2D eigenvalue weighted by Gasteiger charge is -2.16. The molecule has 6 rings (SSSR count). The normalized spacial score (nSPS) is 11.9. The Morgan fingerprint density at radius 1 is 0.588 bits per heavy atom. The summed E-state index contributed by atoms with van der Waals surface area (Å²) in [4.78, 5) is 0. The summed E-state index contributed by atoms with van der Waals surface area (Å²) in [5, 5.41) is 5.46. The minimum Gasteiger partial charge on any atom is -0.310 e. The molecule has 6 aromatic rings. The van der Waals surface area contributed by atoms with Crippen molar-refractivity contribution in [3.8, 4) is 5.69 Å². The zero-order valence-electron chi connectivity index (χ0n) is 20.8. The van der Waals surface area contributed by atoms with Gasteiger partial charge in [-0.1, -0.05) is 66.9 Å². The molecule has 0 fully saturated rings. The maximum atomic E-state index is 3.93. The van der Waals surface area contributed by atoms with Gasteiger partial charge in [-0.05, 0) is 29.7 Å². The van der Waals surface area contributed by atoms with E-state index in [9.17, 15) is 0 Å². The van der Waals surface area contributed by atoms with Gasteiger partial charge in [0.15, 0.2) is 0 Å². The SMILES string of the molecule is Bc1c(B)c(B)c2c(c1B)c1c(B)c(Br)c(B)c(B)c1n2-c1ccc2sc3ccccc3c2c1. The van der Waals surface area contributed by atoms with Crippen LogP contribution in [0.5, 0.6) is 0 Å². The van der Waals surface area contributed by atoms with Gasteiger partial charge in [0.1, 0.15) is 54.9 Å². The van der Waals surface area contributed by atoms with Gasteiger partial charge in [-0.3, -0.25) is 0 Å². The highest BCUT2D eigenvalue weighted by Gasteiger charge is 2.23. The number of benzene rings is 4. The van der Waals surface area contributed by atoms with Gasteiger partial charge < -0.3 is 4.57 Å². The van der Waals surface area contributed by atoms with Crippen molar-refractivity contribution >= 4 is 162 Å². The maximum Gasteiger partial charge on any atom is 0.141 e. The summed E-state index contributed by atoms with van der Waals surface area (Å²) < 4.78 is 6.47. The first-order chi connectivity index (χ1) is 16.2. The van der Waals surface area contributed by atoms with Crippen LogP contribution in [0, 0.1) is 0 Å². The van der Waals surface area contributed by atoms with Crippen LogP contribution < -0.4 is 38.2 Å². The number of hydrogen-bond donors (Lipinski definition) is 0. The zero-order valence-corrected chi connectivity index (χ0v) is 23.2. The molecule has 4 aromatic carbocycles. The lowest BCUT2D eigenvalue weighted by atomic mass is 9.65. The molecule has 1 nitrogen and oxygen atoms in total. The molecule has 0 aliphatic heterocycles. The Hall–Kier alpha value is -2.17. The Bertz CT molecular complexity index is 1780. The van der Waals surface area contributed by atoms with Gasteiger partial charge >= 0.3 is 0 Å². The molecule has 0 aliphatic rings. The monoisotopic (exact) mass is 511 g/mol. The second kappa shape index (κ2) is 7.67. The van der Waals surface area contributed by atoms with Crippen molar-refractivity contribution in [1.29, 1.82) is 0 Å². The van der Waals surface area contributed by atoms with Crippen molar-refractivity contribution in [3.05, 3.63) is 46.9 Å². The first-order valence-electron chi connectivity index (χ1n) is 11.8. The van der Waals surface area contributed by atoms with Crippen molar-refractivity contribution in [3.63, 3.8) is 0 Å². The molecular formula is C24H21B7BrNS. The van der Waals surface area contributed by atoms with E-state index in [1.165, 1.54) is 90.4 Å². The standard InChI is InChI=1S/C24H21B7BrNS/c25-15-13-14-16(26)22(32)19(29)21(31)24(14)33(23(13)20(30)18(28)17(15)27)8-5-6-12-10(7-8)9-3-1-2-4-11(9)34-12/h1-7H,25-31H2. The zero-order chi connectivity index (χ0) is 24.0. The highest BCUT2D eigenvalue weighted by Crippen LogP contribution is 2.36. The predicted octanol–water partition coefficient (Wildman–Crippen LogP) is -4.28. The molecule has 2 aromatic heterocycles. The molecule has 34 heavy (non-hydrogen) atoms. The van der Waals surface area contributed by atoms with E-state index in [0.717, 1.165) is 0 Å². The molecule has 0 saturated carbocycles. The lowest BCUT2D eigenvalue weighted by molar-refractivity contribution is 1.20. The summed E-state index contributed by atoms with van der Waals surface area (Å²) in [5.74, 6) is 0. The summed E-state index contributed by atoms with van der Waals surface area (Å²) in [5.41, 5.74) is 13.5. The molecular weight excluding hydrogens is 490 g/mol. The number of hydrogen-bond acceptors (Lipinski definition) is 1. The van der Waals surface area contributed by atoms with Gasteiger partial charge in [0, 0.05) is 46.8 Å². The van der Waals surface area contributed by atoms with Crippen LogP contribution in [0.1, 0.15) is 0 Å². The van der Waals surface area contributed by atoms with Crippen LogP contribution in [0.4, 0.5) is 0 Å². The van der Waals surface area contributed by atoms with E-state index < -0.39 is 0 Å². The van der Waals surface area contributed by atoms with Gasteiger partial charge in [0.05, 0.1) is 0 Å². The van der Waals surface area contributed by atoms with Crippen LogP contribution in [0.25, 0.3) is 47.7 Å². The molecule has 0 N–H and O–H groups in total. The number of halogens is 1. The molecule has 0 bridgehead atoms. The molecule has 0 saturated heterocycles. The number of nitrogens with zero attached hydrogens (tertiary/aromatic N) is 1. The molecule has 0 radical (unpaired) electrons. The number of fused-ring (bicyclic) bond motifs is 6. The summed E-state index contributed by atoms with van der Waals surface area (Å²) >= 11 is 5.80. The molecule has 10 heteroatoms. The quantitative estimate of drug-likeness (QED) is 0.197. The van der Waals surface area contributed by atoms with Crippen molar-refractivity contribution in [2.45, 2.75) is 0 Å². The first kappa shape index (κ1) is 22.3. The minimum absolute atomic E-state index is 1.23. The molecule has 0 atom stereocenters. The van der Waals surface area contributed by atoms with Gasteiger partial charge in [-0.25, -0.2) is 0 Å². The van der Waals surface area contributed by atoms with E-state index in [1.54, 1.807) is 0 Å². The second-order valence-electron chi connectivity index (χ2n) is 9.75. The third-order valence-electron chi connectivity index (χ3n) is 8.16. The second-order valence-corrected chi connectivity index (χ2v) is 11.6. The van der Waals surface area contributed by atoms with Crippen molar-refractivity contribution < 1.29 is 0 Å². The van der Waals surface area contributed by atoms with Gasteiger partial charge in [0.25, 0.3) is 0 Å². The van der Waals surface area contributed by atoms with Crippen LogP contribution in [0.15, 0.2) is 46.9 Å². The summed E-state index contributed by atoms with van der Waals surface area (Å²) in [6.45, 7) is 0. The van der Waals surface area contributed by atoms with Crippen LogP contribution in [0.2, 0.25) is 0 Å². The molecule has 0 amide bonds. The van der Waals surface area contributed by atoms with Crippen molar-refractivity contribution in [2.24, 2.45) is 0 Å². The Balaban J connectivity index is 1.89. The summed E-state index contributed by atoms with van der Waals surface area (Å²) in [7, 11) is 15.9. The molecule has 2 heterocycles. The Kier molecular flexibility index (Phi) is 5.03. The fraction of sp³-hybridized carbons (Fsp3) is 0. The molecule has 0 unspecified atom stereocenters. The predicted molar refractivity (Wildman–Crippen MR) is 179 cm³/mol. The average molecular weight is 511 g/mol. The van der Waals surface area contributed by atoms with Crippen LogP contribution in [0.3, 0.4) is 0 Å². The molecule has 0 aliphatic carbocycles. The fourth-order valence-electron chi connectivity index (χ4n) is 5.78. The van der Waals surface area contributed by atoms with Crippen LogP contribution in [-0.2, 0) is 0 Å². The third kappa shape index (κ3) is 2.82. The van der Waals surface area contributed by atoms with Gasteiger partial charge in [0.2, 0.25) is 0 Å². The molecule has 156 valence electrons. The Morgan fingerprint density at radius 2 is 1.18 bits per heavy atom. The van der Waals surface area contributed by atoms with Gasteiger partial charge in [-0.15, -0.1) is 16.8 Å². The third-order valence-corrected chi connectivity index (χ3v) is 10.5. The Labute approximate surface area is 218 Å². The number of aromatic nitrogens is 1. The largest absolute Gasteiger partial charge is 0.310 e. The topological polar surface area (TPSA) is 4.93 Å². The highest BCUT2D eigenvalue weighted by atomic mass is 79.9. The van der Waals surface area contributed by atoms with Crippen molar-refractivity contribution in [2.75, 3.05) is 0 Å². The highest BCUT2D eigenvalue weighted by molar-refractivity contribution is 9.10. The Morgan fingerprint density at radius 3 is 1.91 bits per heavy atom. The first-order valence-corrected chi connectivity index (χ1v) is 13.4. The van der Waals surface area contributed by atoms with E-state index in [0.29, 0.717) is 0 Å². The van der Waals surface area contributed by atoms with E-state index in [-0.39, 0.29) is 0 Å². The van der Waals surface area contributed by atoms with E-state index in [4.69, 9.17) is 0 Å². The summed E-state index contributed by atoms with van der Waals surface area (Å²) in [6, 6.07) is 15.8. The van der Waals surface area contributed by atoms with Gasteiger partial charge in [-0.2, -0.15) is 0 Å². The van der Waals surface area contributed by atoms with Crippen molar-refractivity contribution in [1.82, 2.24) is 4.57 Å². The van der Waals surface area contributed by atoms with E-state index in [2.05, 4.69) is 118 Å². The number of thiophene rings is 1. The minimum atomic E-state index is 1.23. The fourth-order valence-corrected chi connectivity index (χ4v) is 7.37. The smallest absolute Gasteiger partial charge is 0.141 e. The molecule has 0 spiro atoms. The number of rotatable bonds is 1. The van der Waals surface area contributed by atoms with E-state index >= 15 is 0 Å². The van der Waals surface area contributed by atoms with Crippen LogP contribution in [-0.4, -0.2) is 59.5 Å².